The lowest BCUT2D eigenvalue weighted by atomic mass is 9.90. The van der Waals surface area contributed by atoms with Gasteiger partial charge in [0.05, 0.1) is 11.2 Å². The summed E-state index contributed by atoms with van der Waals surface area (Å²) < 4.78 is 0. The standard InChI is InChI=1S/C20H24ClN3O2/c1-20(2,3)19(26)24-9-6-13(7-10-24)18(25)23-16-12-15(21)11-14-5-4-8-22-17(14)16/h4-5,8,11-13H,6-7,9-10H2,1-3H3,(H,23,25). The summed E-state index contributed by atoms with van der Waals surface area (Å²) in [5.74, 6) is -0.0137. The van der Waals surface area contributed by atoms with Crippen LogP contribution in [0.15, 0.2) is 30.5 Å². The molecule has 3 rings (SSSR count). The minimum absolute atomic E-state index is 0.0397. The van der Waals surface area contributed by atoms with Crippen LogP contribution in [0.4, 0.5) is 5.69 Å². The Balaban J connectivity index is 1.68. The SMILES string of the molecule is CC(C)(C)C(=O)N1CCC(C(=O)Nc2cc(Cl)cc3cccnc23)CC1. The fourth-order valence-corrected chi connectivity index (χ4v) is 3.53. The molecule has 0 aliphatic carbocycles. The van der Waals surface area contributed by atoms with Crippen molar-refractivity contribution in [1.82, 2.24) is 9.88 Å². The number of rotatable bonds is 2. The highest BCUT2D eigenvalue weighted by molar-refractivity contribution is 6.32. The number of nitrogens with one attached hydrogen (secondary N) is 1. The third kappa shape index (κ3) is 3.98. The van der Waals surface area contributed by atoms with Crippen LogP contribution >= 0.6 is 11.6 Å². The van der Waals surface area contributed by atoms with Gasteiger partial charge in [-0.05, 0) is 31.0 Å². The van der Waals surface area contributed by atoms with Gasteiger partial charge < -0.3 is 10.2 Å². The lowest BCUT2D eigenvalue weighted by molar-refractivity contribution is -0.142. The van der Waals surface area contributed by atoms with Crippen LogP contribution in [0.2, 0.25) is 5.02 Å². The van der Waals surface area contributed by atoms with Crippen LogP contribution in [0, 0.1) is 11.3 Å². The summed E-state index contributed by atoms with van der Waals surface area (Å²) in [7, 11) is 0. The molecule has 0 spiro atoms. The van der Waals surface area contributed by atoms with Crippen LogP contribution in [-0.4, -0.2) is 34.8 Å². The summed E-state index contributed by atoms with van der Waals surface area (Å²) in [6, 6.07) is 7.32. The van der Waals surface area contributed by atoms with E-state index in [0.29, 0.717) is 36.6 Å². The molecule has 0 bridgehead atoms. The normalized spacial score (nSPS) is 15.9. The molecule has 0 saturated carbocycles. The summed E-state index contributed by atoms with van der Waals surface area (Å²) in [6.45, 7) is 6.99. The first-order valence-electron chi connectivity index (χ1n) is 8.90. The number of anilines is 1. The fraction of sp³-hybridized carbons (Fsp3) is 0.450. The molecule has 1 aliphatic heterocycles. The molecular formula is C20H24ClN3O2. The number of likely N-dealkylation sites (tertiary alicyclic amines) is 1. The smallest absolute Gasteiger partial charge is 0.227 e. The molecule has 26 heavy (non-hydrogen) atoms. The van der Waals surface area contributed by atoms with Crippen molar-refractivity contribution in [3.05, 3.63) is 35.5 Å². The number of benzene rings is 1. The zero-order chi connectivity index (χ0) is 18.9. The molecule has 1 N–H and O–H groups in total. The molecule has 1 aliphatic rings. The Morgan fingerprint density at radius 1 is 1.23 bits per heavy atom. The molecule has 2 aromatic rings. The quantitative estimate of drug-likeness (QED) is 0.861. The highest BCUT2D eigenvalue weighted by Crippen LogP contribution is 2.28. The maximum absolute atomic E-state index is 12.7. The zero-order valence-corrected chi connectivity index (χ0v) is 16.1. The van der Waals surface area contributed by atoms with Crippen molar-refractivity contribution >= 4 is 40.0 Å². The number of nitrogens with zero attached hydrogens (tertiary/aromatic N) is 2. The second kappa shape index (κ2) is 7.23. The topological polar surface area (TPSA) is 62.3 Å². The van der Waals surface area contributed by atoms with Gasteiger partial charge in [-0.25, -0.2) is 0 Å². The number of hydrogen-bond donors (Lipinski definition) is 1. The van der Waals surface area contributed by atoms with Gasteiger partial charge in [0.2, 0.25) is 11.8 Å². The van der Waals surface area contributed by atoms with E-state index >= 15 is 0 Å². The molecule has 1 saturated heterocycles. The average molecular weight is 374 g/mol. The Kier molecular flexibility index (Phi) is 5.19. The summed E-state index contributed by atoms with van der Waals surface area (Å²) in [5.41, 5.74) is 0.970. The van der Waals surface area contributed by atoms with E-state index in [9.17, 15) is 9.59 Å². The number of pyridine rings is 1. The van der Waals surface area contributed by atoms with Crippen molar-refractivity contribution in [3.8, 4) is 0 Å². The lowest BCUT2D eigenvalue weighted by Crippen LogP contribution is -2.45. The fourth-order valence-electron chi connectivity index (χ4n) is 3.30. The van der Waals surface area contributed by atoms with Crippen LogP contribution < -0.4 is 5.32 Å². The number of fused-ring (bicyclic) bond motifs is 1. The third-order valence-electron chi connectivity index (χ3n) is 4.72. The molecule has 0 radical (unpaired) electrons. The Bertz CT molecular complexity index is 837. The molecule has 1 aromatic carbocycles. The molecule has 5 nitrogen and oxygen atoms in total. The van der Waals surface area contributed by atoms with E-state index in [0.717, 1.165) is 10.9 Å². The summed E-state index contributed by atoms with van der Waals surface area (Å²) in [6.07, 6.45) is 3.03. The van der Waals surface area contributed by atoms with Crippen LogP contribution in [0.5, 0.6) is 0 Å². The minimum Gasteiger partial charge on any atom is -0.342 e. The summed E-state index contributed by atoms with van der Waals surface area (Å²) in [4.78, 5) is 31.3. The van der Waals surface area contributed by atoms with E-state index < -0.39 is 0 Å². The van der Waals surface area contributed by atoms with Crippen LogP contribution in [0.25, 0.3) is 10.9 Å². The molecule has 138 valence electrons. The number of carbonyl (C=O) groups excluding carboxylic acids is 2. The number of hydrogen-bond acceptors (Lipinski definition) is 3. The molecule has 0 atom stereocenters. The van der Waals surface area contributed by atoms with E-state index in [1.165, 1.54) is 0 Å². The number of carbonyl (C=O) groups is 2. The van der Waals surface area contributed by atoms with Crippen molar-refractivity contribution in [1.29, 1.82) is 0 Å². The van der Waals surface area contributed by atoms with Gasteiger partial charge in [-0.15, -0.1) is 0 Å². The molecule has 1 fully saturated rings. The second-order valence-corrected chi connectivity index (χ2v) is 8.27. The molecule has 1 aromatic heterocycles. The number of piperidine rings is 1. The predicted octanol–water partition coefficient (Wildman–Crippen LogP) is 4.11. The minimum atomic E-state index is -0.388. The predicted molar refractivity (Wildman–Crippen MR) is 104 cm³/mol. The van der Waals surface area contributed by atoms with Crippen molar-refractivity contribution < 1.29 is 9.59 Å². The van der Waals surface area contributed by atoms with Crippen molar-refractivity contribution in [2.24, 2.45) is 11.3 Å². The average Bonchev–Trinajstić information content (AvgIpc) is 2.60. The first-order valence-corrected chi connectivity index (χ1v) is 9.28. The number of aromatic nitrogens is 1. The van der Waals surface area contributed by atoms with Crippen LogP contribution in [0.1, 0.15) is 33.6 Å². The van der Waals surface area contributed by atoms with Gasteiger partial charge in [-0.1, -0.05) is 38.4 Å². The van der Waals surface area contributed by atoms with Crippen LogP contribution in [-0.2, 0) is 9.59 Å². The highest BCUT2D eigenvalue weighted by atomic mass is 35.5. The van der Waals surface area contributed by atoms with Gasteiger partial charge in [-0.3, -0.25) is 14.6 Å². The van der Waals surface area contributed by atoms with E-state index in [-0.39, 0.29) is 23.1 Å². The van der Waals surface area contributed by atoms with Gasteiger partial charge in [0, 0.05) is 41.0 Å². The molecule has 2 heterocycles. The molecule has 6 heteroatoms. The van der Waals surface area contributed by atoms with E-state index in [1.54, 1.807) is 12.3 Å². The summed E-state index contributed by atoms with van der Waals surface area (Å²) >= 11 is 6.17. The molecule has 2 amide bonds. The Morgan fingerprint density at radius 2 is 1.92 bits per heavy atom. The third-order valence-corrected chi connectivity index (χ3v) is 4.94. The monoisotopic (exact) mass is 373 g/mol. The largest absolute Gasteiger partial charge is 0.342 e. The second-order valence-electron chi connectivity index (χ2n) is 7.83. The molecule has 0 unspecified atom stereocenters. The first kappa shape index (κ1) is 18.6. The molecular weight excluding hydrogens is 350 g/mol. The first-order chi connectivity index (χ1) is 12.3. The number of halogens is 1. The van der Waals surface area contributed by atoms with Gasteiger partial charge >= 0.3 is 0 Å². The van der Waals surface area contributed by atoms with Gasteiger partial charge in [0.25, 0.3) is 0 Å². The highest BCUT2D eigenvalue weighted by Gasteiger charge is 2.32. The van der Waals surface area contributed by atoms with Crippen molar-refractivity contribution in [2.75, 3.05) is 18.4 Å². The number of amides is 2. The van der Waals surface area contributed by atoms with Crippen molar-refractivity contribution in [3.63, 3.8) is 0 Å². The van der Waals surface area contributed by atoms with E-state index in [2.05, 4.69) is 10.3 Å². The summed E-state index contributed by atoms with van der Waals surface area (Å²) in [5, 5.41) is 4.43. The van der Waals surface area contributed by atoms with Gasteiger partial charge in [0.1, 0.15) is 0 Å². The van der Waals surface area contributed by atoms with Gasteiger partial charge in [-0.2, -0.15) is 0 Å². The maximum Gasteiger partial charge on any atom is 0.227 e. The van der Waals surface area contributed by atoms with Gasteiger partial charge in [0.15, 0.2) is 0 Å². The Hall–Kier alpha value is -2.14. The lowest BCUT2D eigenvalue weighted by Gasteiger charge is -2.35. The van der Waals surface area contributed by atoms with Crippen molar-refractivity contribution in [2.45, 2.75) is 33.6 Å². The Labute approximate surface area is 158 Å². The maximum atomic E-state index is 12.7. The van der Waals surface area contributed by atoms with Crippen LogP contribution in [0.3, 0.4) is 0 Å². The van der Waals surface area contributed by atoms with E-state index in [4.69, 9.17) is 11.6 Å². The Morgan fingerprint density at radius 3 is 2.58 bits per heavy atom. The van der Waals surface area contributed by atoms with E-state index in [1.807, 2.05) is 43.9 Å². The zero-order valence-electron chi connectivity index (χ0n) is 15.4.